The summed E-state index contributed by atoms with van der Waals surface area (Å²) in [7, 11) is 0. The molecule has 9 heteroatoms. The van der Waals surface area contributed by atoms with Gasteiger partial charge in [-0.05, 0) is 43.5 Å². The number of ether oxygens (including phenoxy) is 1. The second-order valence-corrected chi connectivity index (χ2v) is 7.94. The molecule has 2 N–H and O–H groups in total. The lowest BCUT2D eigenvalue weighted by atomic mass is 9.68. The standard InChI is InChI=1S/C22H18F2N4O3/c23-13-7-14(24)9-15(8-13)28-10-18(27-11-28)17-6-12(20(25)29)3-4-22(17)19-16(21(30)31-22)2-1-5-26-19/h1-2,5,7-12,17H,3-4,6H2,(H2,25,29). The van der Waals surface area contributed by atoms with E-state index in [1.54, 1.807) is 24.5 Å². The number of rotatable bonds is 3. The summed E-state index contributed by atoms with van der Waals surface area (Å²) in [6.45, 7) is 0. The summed E-state index contributed by atoms with van der Waals surface area (Å²) in [6.07, 6.45) is 5.77. The molecule has 1 aromatic carbocycles. The lowest BCUT2D eigenvalue weighted by molar-refractivity contribution is -0.126. The van der Waals surface area contributed by atoms with Crippen molar-refractivity contribution >= 4 is 11.9 Å². The maximum atomic E-state index is 13.7. The number of halogens is 2. The van der Waals surface area contributed by atoms with Crippen molar-refractivity contribution < 1.29 is 23.1 Å². The Morgan fingerprint density at radius 3 is 2.74 bits per heavy atom. The number of hydrogen-bond donors (Lipinski definition) is 1. The third kappa shape index (κ3) is 3.08. The Bertz CT molecular complexity index is 1190. The molecule has 3 aromatic rings. The summed E-state index contributed by atoms with van der Waals surface area (Å²) in [5.41, 5.74) is 6.17. The van der Waals surface area contributed by atoms with Crippen molar-refractivity contribution in [2.75, 3.05) is 0 Å². The molecule has 0 bridgehead atoms. The molecule has 3 heterocycles. The molecule has 0 saturated heterocycles. The van der Waals surface area contributed by atoms with Gasteiger partial charge in [0, 0.05) is 30.3 Å². The van der Waals surface area contributed by atoms with Crippen molar-refractivity contribution in [1.82, 2.24) is 14.5 Å². The van der Waals surface area contributed by atoms with Crippen LogP contribution in [0.25, 0.3) is 5.69 Å². The Balaban J connectivity index is 1.60. The number of primary amides is 1. The van der Waals surface area contributed by atoms with Gasteiger partial charge >= 0.3 is 5.97 Å². The number of carbonyl (C=O) groups is 2. The van der Waals surface area contributed by atoms with Crippen molar-refractivity contribution in [2.24, 2.45) is 11.7 Å². The predicted molar refractivity (Wildman–Crippen MR) is 104 cm³/mol. The molecular formula is C22H18F2N4O3. The molecule has 1 spiro atoms. The maximum Gasteiger partial charge on any atom is 0.341 e. The summed E-state index contributed by atoms with van der Waals surface area (Å²) >= 11 is 0. The molecule has 158 valence electrons. The summed E-state index contributed by atoms with van der Waals surface area (Å²) in [5.74, 6) is -3.25. The first-order chi connectivity index (χ1) is 14.9. The van der Waals surface area contributed by atoms with Gasteiger partial charge in [-0.3, -0.25) is 9.78 Å². The SMILES string of the molecule is NC(=O)C1CCC2(OC(=O)c3cccnc32)C(c2cn(-c3cc(F)cc(F)c3)cn2)C1. The van der Waals surface area contributed by atoms with Crippen LogP contribution in [0.15, 0.2) is 49.1 Å². The van der Waals surface area contributed by atoms with Gasteiger partial charge < -0.3 is 15.0 Å². The fourth-order valence-electron chi connectivity index (χ4n) is 4.70. The highest BCUT2D eigenvalue weighted by Gasteiger charge is 2.56. The van der Waals surface area contributed by atoms with E-state index < -0.39 is 40.9 Å². The van der Waals surface area contributed by atoms with Gasteiger partial charge in [0.25, 0.3) is 0 Å². The number of nitrogens with two attached hydrogens (primary N) is 1. The fourth-order valence-corrected chi connectivity index (χ4v) is 4.70. The molecule has 1 amide bonds. The highest BCUT2D eigenvalue weighted by molar-refractivity contribution is 5.94. The lowest BCUT2D eigenvalue weighted by Crippen LogP contribution is -2.43. The van der Waals surface area contributed by atoms with Crippen molar-refractivity contribution in [3.05, 3.63) is 77.6 Å². The van der Waals surface area contributed by atoms with Crippen LogP contribution in [-0.2, 0) is 15.1 Å². The van der Waals surface area contributed by atoms with Crippen LogP contribution < -0.4 is 5.73 Å². The normalized spacial score (nSPS) is 24.8. The third-order valence-electron chi connectivity index (χ3n) is 6.16. The molecular weight excluding hydrogens is 406 g/mol. The molecule has 2 aromatic heterocycles. The molecule has 1 fully saturated rings. The van der Waals surface area contributed by atoms with Crippen LogP contribution in [0.5, 0.6) is 0 Å². The number of benzene rings is 1. The molecule has 3 atom stereocenters. The minimum absolute atomic E-state index is 0.259. The number of pyridine rings is 1. The van der Waals surface area contributed by atoms with Crippen LogP contribution >= 0.6 is 0 Å². The number of imidazole rings is 1. The highest BCUT2D eigenvalue weighted by atomic mass is 19.1. The quantitative estimate of drug-likeness (QED) is 0.652. The zero-order valence-electron chi connectivity index (χ0n) is 16.3. The van der Waals surface area contributed by atoms with Gasteiger partial charge in [-0.2, -0.15) is 0 Å². The van der Waals surface area contributed by atoms with Gasteiger partial charge in [0.05, 0.1) is 29.0 Å². The second kappa shape index (κ2) is 6.97. The Hall–Kier alpha value is -3.62. The highest BCUT2D eigenvalue weighted by Crippen LogP contribution is 2.54. The Kier molecular flexibility index (Phi) is 4.35. The monoisotopic (exact) mass is 424 g/mol. The number of hydrogen-bond acceptors (Lipinski definition) is 5. The third-order valence-corrected chi connectivity index (χ3v) is 6.16. The first-order valence-electron chi connectivity index (χ1n) is 9.86. The van der Waals surface area contributed by atoms with Crippen LogP contribution in [0.1, 0.15) is 46.9 Å². The maximum absolute atomic E-state index is 13.7. The molecule has 2 aliphatic rings. The van der Waals surface area contributed by atoms with E-state index in [1.165, 1.54) is 23.0 Å². The topological polar surface area (TPSA) is 100 Å². The number of amides is 1. The predicted octanol–water partition coefficient (Wildman–Crippen LogP) is 2.98. The number of nitrogens with zero attached hydrogens (tertiary/aromatic N) is 3. The average molecular weight is 424 g/mol. The minimum atomic E-state index is -1.08. The van der Waals surface area contributed by atoms with Crippen LogP contribution in [0.3, 0.4) is 0 Å². The van der Waals surface area contributed by atoms with E-state index >= 15 is 0 Å². The van der Waals surface area contributed by atoms with Gasteiger partial charge in [-0.15, -0.1) is 0 Å². The Labute approximate surface area is 175 Å². The first kappa shape index (κ1) is 19.3. The van der Waals surface area contributed by atoms with E-state index in [-0.39, 0.29) is 5.69 Å². The van der Waals surface area contributed by atoms with Crippen LogP contribution in [0.2, 0.25) is 0 Å². The van der Waals surface area contributed by atoms with Crippen molar-refractivity contribution in [2.45, 2.75) is 30.8 Å². The van der Waals surface area contributed by atoms with Gasteiger partial charge in [0.15, 0.2) is 5.60 Å². The Morgan fingerprint density at radius 1 is 1.23 bits per heavy atom. The van der Waals surface area contributed by atoms with E-state index in [2.05, 4.69) is 9.97 Å². The van der Waals surface area contributed by atoms with E-state index in [0.29, 0.717) is 36.2 Å². The largest absolute Gasteiger partial charge is 0.448 e. The molecule has 5 rings (SSSR count). The first-order valence-corrected chi connectivity index (χ1v) is 9.86. The van der Waals surface area contributed by atoms with Gasteiger partial charge in [0.2, 0.25) is 5.91 Å². The average Bonchev–Trinajstić information content (AvgIpc) is 3.32. The van der Waals surface area contributed by atoms with Crippen molar-refractivity contribution in [3.8, 4) is 5.69 Å². The zero-order valence-corrected chi connectivity index (χ0v) is 16.3. The number of fused-ring (bicyclic) bond motifs is 2. The number of aromatic nitrogens is 3. The minimum Gasteiger partial charge on any atom is -0.448 e. The van der Waals surface area contributed by atoms with Gasteiger partial charge in [-0.1, -0.05) is 0 Å². The molecule has 3 unspecified atom stereocenters. The van der Waals surface area contributed by atoms with Crippen molar-refractivity contribution in [1.29, 1.82) is 0 Å². The molecule has 1 aliphatic heterocycles. The lowest BCUT2D eigenvalue weighted by Gasteiger charge is -2.41. The molecule has 0 radical (unpaired) electrons. The summed E-state index contributed by atoms with van der Waals surface area (Å²) in [4.78, 5) is 33.4. The van der Waals surface area contributed by atoms with Crippen LogP contribution in [0, 0.1) is 17.6 Å². The zero-order chi connectivity index (χ0) is 21.8. The van der Waals surface area contributed by atoms with E-state index in [1.807, 2.05) is 0 Å². The summed E-state index contributed by atoms with van der Waals surface area (Å²) < 4.78 is 34.7. The number of carbonyl (C=O) groups excluding carboxylic acids is 2. The molecule has 1 aliphatic carbocycles. The van der Waals surface area contributed by atoms with Crippen LogP contribution in [0.4, 0.5) is 8.78 Å². The van der Waals surface area contributed by atoms with E-state index in [0.717, 1.165) is 6.07 Å². The fraction of sp³-hybridized carbons (Fsp3) is 0.273. The Morgan fingerprint density at radius 2 is 2.00 bits per heavy atom. The molecule has 7 nitrogen and oxygen atoms in total. The molecule has 31 heavy (non-hydrogen) atoms. The number of esters is 1. The second-order valence-electron chi connectivity index (χ2n) is 7.94. The van der Waals surface area contributed by atoms with Gasteiger partial charge in [-0.25, -0.2) is 18.6 Å². The molecule has 1 saturated carbocycles. The van der Waals surface area contributed by atoms with Crippen molar-refractivity contribution in [3.63, 3.8) is 0 Å². The van der Waals surface area contributed by atoms with E-state index in [4.69, 9.17) is 10.5 Å². The summed E-state index contributed by atoms with van der Waals surface area (Å²) in [6, 6.07) is 6.48. The summed E-state index contributed by atoms with van der Waals surface area (Å²) in [5, 5.41) is 0. The van der Waals surface area contributed by atoms with E-state index in [9.17, 15) is 18.4 Å². The van der Waals surface area contributed by atoms with Gasteiger partial charge in [0.1, 0.15) is 11.6 Å². The van der Waals surface area contributed by atoms with Crippen LogP contribution in [-0.4, -0.2) is 26.4 Å². The smallest absolute Gasteiger partial charge is 0.341 e.